The molecule has 5 rings (SSSR count). The van der Waals surface area contributed by atoms with Gasteiger partial charge in [-0.3, -0.25) is 10.3 Å². The van der Waals surface area contributed by atoms with E-state index in [4.69, 9.17) is 15.2 Å². The maximum atomic E-state index is 15.3. The van der Waals surface area contributed by atoms with Crippen LogP contribution in [0.15, 0.2) is 24.5 Å². The van der Waals surface area contributed by atoms with E-state index in [0.29, 0.717) is 54.5 Å². The number of rotatable bonds is 3. The molecule has 1 saturated heterocycles. The van der Waals surface area contributed by atoms with Crippen LogP contribution in [0.3, 0.4) is 0 Å². The Morgan fingerprint density at radius 1 is 1.35 bits per heavy atom. The van der Waals surface area contributed by atoms with Gasteiger partial charge in [0.2, 0.25) is 0 Å². The summed E-state index contributed by atoms with van der Waals surface area (Å²) in [6.45, 7) is 3.34. The lowest BCUT2D eigenvalue weighted by Crippen LogP contribution is -2.23. The second-order valence-electron chi connectivity index (χ2n) is 8.49. The minimum atomic E-state index is -0.630. The van der Waals surface area contributed by atoms with Crippen molar-refractivity contribution in [2.45, 2.75) is 25.9 Å². The average Bonchev–Trinajstić information content (AvgIpc) is 3.34. The molecule has 10 heteroatoms. The molecule has 2 aromatic heterocycles. The van der Waals surface area contributed by atoms with Crippen LogP contribution >= 0.6 is 0 Å². The first-order chi connectivity index (χ1) is 16.4. The molecule has 1 unspecified atom stereocenters. The summed E-state index contributed by atoms with van der Waals surface area (Å²) in [5.41, 5.74) is 9.42. The monoisotopic (exact) mass is 462 g/mol. The number of benzene rings is 1. The van der Waals surface area contributed by atoms with Crippen molar-refractivity contribution in [2.24, 2.45) is 5.92 Å². The van der Waals surface area contributed by atoms with Crippen molar-refractivity contribution in [2.75, 3.05) is 36.1 Å². The first-order valence-electron chi connectivity index (χ1n) is 11.0. The fourth-order valence-electron chi connectivity index (χ4n) is 4.39. The molecule has 0 bridgehead atoms. The minimum Gasteiger partial charge on any atom is -0.443 e. The van der Waals surface area contributed by atoms with E-state index >= 15 is 4.39 Å². The fraction of sp³-hybridized carbons (Fsp3) is 0.333. The molecule has 2 atom stereocenters. The van der Waals surface area contributed by atoms with E-state index < -0.39 is 11.9 Å². The van der Waals surface area contributed by atoms with Crippen LogP contribution in [0, 0.1) is 30.0 Å². The van der Waals surface area contributed by atoms with E-state index in [0.717, 1.165) is 16.9 Å². The summed E-state index contributed by atoms with van der Waals surface area (Å²) in [5.74, 6) is -0.450. The molecule has 3 aromatic rings. The quantitative estimate of drug-likeness (QED) is 0.501. The Hall–Kier alpha value is -3.97. The number of ether oxygens (including phenoxy) is 2. The number of carbonyl (C=O) groups is 1. The molecule has 0 spiro atoms. The summed E-state index contributed by atoms with van der Waals surface area (Å²) in [5, 5.41) is 16.1. The highest BCUT2D eigenvalue weighted by Gasteiger charge is 2.24. The van der Waals surface area contributed by atoms with E-state index in [9.17, 15) is 10.1 Å². The minimum absolute atomic E-state index is 0.0353. The molecule has 0 aliphatic carbocycles. The number of aromatic nitrogens is 2. The van der Waals surface area contributed by atoms with Crippen LogP contribution in [0.2, 0.25) is 0 Å². The van der Waals surface area contributed by atoms with Crippen molar-refractivity contribution < 1.29 is 18.7 Å². The molecule has 4 heterocycles. The van der Waals surface area contributed by atoms with Gasteiger partial charge < -0.3 is 20.5 Å². The molecule has 1 aromatic carbocycles. The number of anilines is 3. The predicted octanol–water partition coefficient (Wildman–Crippen LogP) is 3.77. The molecule has 1 amide bonds. The number of halogens is 1. The number of nitrogens with two attached hydrogens (primary N) is 1. The Bertz CT molecular complexity index is 1330. The number of nitrogens with zero attached hydrogens (tertiary/aromatic N) is 3. The number of amides is 1. The van der Waals surface area contributed by atoms with Crippen LogP contribution in [0.4, 0.5) is 26.4 Å². The zero-order valence-electron chi connectivity index (χ0n) is 18.5. The topological polar surface area (TPSA) is 135 Å². The molecule has 2 aliphatic rings. The van der Waals surface area contributed by atoms with Crippen molar-refractivity contribution in [1.29, 1.82) is 5.26 Å². The smallest absolute Gasteiger partial charge is 0.413 e. The van der Waals surface area contributed by atoms with Gasteiger partial charge in [-0.2, -0.15) is 5.26 Å². The van der Waals surface area contributed by atoms with Crippen LogP contribution in [-0.4, -0.2) is 41.9 Å². The van der Waals surface area contributed by atoms with Crippen LogP contribution in [0.5, 0.6) is 0 Å². The standard InChI is InChI=1S/C24H23FN6O3/c1-12-17(9-28-19-4-13(7-26)8-30-23(12)19)16-5-14-6-20(29-10-18(14)22(27)21(16)25)31-24(32)34-15-2-3-33-11-15/h5-6,9-10,13,15,30H,2-4,8,11,27H2,1H3,(H,29,31,32)/t13?,15-/m1/s1. The summed E-state index contributed by atoms with van der Waals surface area (Å²) in [6.07, 6.45) is 3.32. The number of pyridine rings is 2. The Kier molecular flexibility index (Phi) is 5.63. The van der Waals surface area contributed by atoms with Crippen molar-refractivity contribution >= 4 is 34.1 Å². The zero-order valence-corrected chi connectivity index (χ0v) is 18.5. The van der Waals surface area contributed by atoms with Crippen LogP contribution in [0.25, 0.3) is 21.9 Å². The third-order valence-electron chi connectivity index (χ3n) is 6.25. The first kappa shape index (κ1) is 21.9. The Morgan fingerprint density at radius 2 is 2.21 bits per heavy atom. The number of nitrogens with one attached hydrogen (secondary N) is 2. The van der Waals surface area contributed by atoms with E-state index in [1.807, 2.05) is 6.92 Å². The highest BCUT2D eigenvalue weighted by Crippen LogP contribution is 2.38. The Balaban J connectivity index is 1.49. The molecular weight excluding hydrogens is 439 g/mol. The van der Waals surface area contributed by atoms with E-state index in [2.05, 4.69) is 26.7 Å². The summed E-state index contributed by atoms with van der Waals surface area (Å²) >= 11 is 0. The number of fused-ring (bicyclic) bond motifs is 2. The molecule has 1 fully saturated rings. The van der Waals surface area contributed by atoms with Gasteiger partial charge in [0.05, 0.1) is 42.3 Å². The third kappa shape index (κ3) is 3.95. The molecule has 2 aliphatic heterocycles. The average molecular weight is 462 g/mol. The van der Waals surface area contributed by atoms with Gasteiger partial charge in [-0.25, -0.2) is 14.2 Å². The van der Waals surface area contributed by atoms with Gasteiger partial charge in [0.25, 0.3) is 0 Å². The van der Waals surface area contributed by atoms with Gasteiger partial charge in [0, 0.05) is 48.3 Å². The van der Waals surface area contributed by atoms with Gasteiger partial charge in [-0.1, -0.05) is 0 Å². The molecule has 34 heavy (non-hydrogen) atoms. The highest BCUT2D eigenvalue weighted by molar-refractivity contribution is 5.99. The summed E-state index contributed by atoms with van der Waals surface area (Å²) < 4.78 is 25.9. The number of nitrogen functional groups attached to an aromatic ring is 1. The predicted molar refractivity (Wildman–Crippen MR) is 125 cm³/mol. The van der Waals surface area contributed by atoms with Crippen molar-refractivity contribution in [3.8, 4) is 17.2 Å². The summed E-state index contributed by atoms with van der Waals surface area (Å²) in [6, 6.07) is 5.55. The highest BCUT2D eigenvalue weighted by atomic mass is 19.1. The van der Waals surface area contributed by atoms with E-state index in [1.54, 1.807) is 18.3 Å². The Morgan fingerprint density at radius 3 is 2.97 bits per heavy atom. The van der Waals surface area contributed by atoms with E-state index in [1.165, 1.54) is 6.20 Å². The molecule has 0 radical (unpaired) electrons. The van der Waals surface area contributed by atoms with Crippen molar-refractivity contribution in [3.05, 3.63) is 41.6 Å². The van der Waals surface area contributed by atoms with Gasteiger partial charge in [-0.05, 0) is 30.0 Å². The van der Waals surface area contributed by atoms with E-state index in [-0.39, 0.29) is 23.5 Å². The van der Waals surface area contributed by atoms with Crippen molar-refractivity contribution in [1.82, 2.24) is 9.97 Å². The molecule has 174 valence electrons. The van der Waals surface area contributed by atoms with Crippen molar-refractivity contribution in [3.63, 3.8) is 0 Å². The Labute approximate surface area is 195 Å². The zero-order chi connectivity index (χ0) is 23.8. The van der Waals surface area contributed by atoms with Gasteiger partial charge in [-0.15, -0.1) is 0 Å². The first-order valence-corrected chi connectivity index (χ1v) is 11.0. The number of nitriles is 1. The maximum absolute atomic E-state index is 15.3. The lowest BCUT2D eigenvalue weighted by molar-refractivity contribution is 0.0931. The van der Waals surface area contributed by atoms with Gasteiger partial charge in [0.15, 0.2) is 5.82 Å². The lowest BCUT2D eigenvalue weighted by atomic mass is 9.92. The van der Waals surface area contributed by atoms with Crippen LogP contribution in [0.1, 0.15) is 17.7 Å². The van der Waals surface area contributed by atoms with Gasteiger partial charge in [0.1, 0.15) is 11.9 Å². The summed E-state index contributed by atoms with van der Waals surface area (Å²) in [7, 11) is 0. The molecule has 4 N–H and O–H groups in total. The second-order valence-corrected chi connectivity index (χ2v) is 8.49. The number of hydrogen-bond acceptors (Lipinski definition) is 8. The molecule has 9 nitrogen and oxygen atoms in total. The largest absolute Gasteiger partial charge is 0.443 e. The maximum Gasteiger partial charge on any atom is 0.413 e. The van der Waals surface area contributed by atoms with Gasteiger partial charge >= 0.3 is 6.09 Å². The third-order valence-corrected chi connectivity index (χ3v) is 6.25. The number of hydrogen-bond donors (Lipinski definition) is 3. The second kappa shape index (κ2) is 8.76. The summed E-state index contributed by atoms with van der Waals surface area (Å²) in [4.78, 5) is 20.9. The lowest BCUT2D eigenvalue weighted by Gasteiger charge is -2.24. The molecular formula is C24H23FN6O3. The van der Waals surface area contributed by atoms with Crippen LogP contribution in [-0.2, 0) is 15.9 Å². The van der Waals surface area contributed by atoms with Crippen LogP contribution < -0.4 is 16.4 Å². The number of carbonyl (C=O) groups excluding carboxylic acids is 1. The molecule has 0 saturated carbocycles. The SMILES string of the molecule is Cc1c(-c2cc3cc(NC(=O)O[C@@H]4CCOC4)ncc3c(N)c2F)cnc2c1NCC(C#N)C2. The normalized spacial score (nSPS) is 19.2. The fourth-order valence-corrected chi connectivity index (χ4v) is 4.39.